The summed E-state index contributed by atoms with van der Waals surface area (Å²) in [5.74, 6) is 0. The molecule has 0 aromatic carbocycles. The third kappa shape index (κ3) is 8.10. The van der Waals surface area contributed by atoms with Crippen molar-refractivity contribution in [1.82, 2.24) is 4.90 Å². The van der Waals surface area contributed by atoms with E-state index in [1.807, 2.05) is 0 Å². The van der Waals surface area contributed by atoms with E-state index in [-0.39, 0.29) is 6.10 Å². The predicted octanol–water partition coefficient (Wildman–Crippen LogP) is 3.97. The molecule has 0 aromatic rings. The SMILES string of the molecule is CCCCCCCCCCCCN1CCC(O)C1. The van der Waals surface area contributed by atoms with Gasteiger partial charge in [0.2, 0.25) is 0 Å². The molecular formula is C16H33NO. The molecule has 1 heterocycles. The first-order valence-corrected chi connectivity index (χ1v) is 8.23. The molecule has 1 fully saturated rings. The first-order chi connectivity index (χ1) is 8.83. The minimum atomic E-state index is -0.0480. The maximum absolute atomic E-state index is 9.42. The molecule has 0 amide bonds. The van der Waals surface area contributed by atoms with E-state index in [1.54, 1.807) is 0 Å². The summed E-state index contributed by atoms with van der Waals surface area (Å²) in [5.41, 5.74) is 0. The highest BCUT2D eigenvalue weighted by molar-refractivity contribution is 4.73. The van der Waals surface area contributed by atoms with Crippen molar-refractivity contribution in [1.29, 1.82) is 0 Å². The van der Waals surface area contributed by atoms with Crippen LogP contribution in [0, 0.1) is 0 Å². The topological polar surface area (TPSA) is 23.5 Å². The Morgan fingerprint density at radius 2 is 1.44 bits per heavy atom. The van der Waals surface area contributed by atoms with Crippen molar-refractivity contribution in [2.75, 3.05) is 19.6 Å². The molecule has 1 atom stereocenters. The molecule has 1 aliphatic heterocycles. The predicted molar refractivity (Wildman–Crippen MR) is 78.9 cm³/mol. The smallest absolute Gasteiger partial charge is 0.0679 e. The number of β-amino-alcohol motifs (C(OH)–C–C–N with tert-alkyl or cyclic N) is 1. The van der Waals surface area contributed by atoms with Gasteiger partial charge in [-0.05, 0) is 19.4 Å². The fourth-order valence-electron chi connectivity index (χ4n) is 2.84. The number of hydrogen-bond donors (Lipinski definition) is 1. The second-order valence-corrected chi connectivity index (χ2v) is 5.93. The van der Waals surface area contributed by atoms with Gasteiger partial charge in [-0.1, -0.05) is 64.7 Å². The number of rotatable bonds is 11. The fraction of sp³-hybridized carbons (Fsp3) is 1.00. The molecular weight excluding hydrogens is 222 g/mol. The summed E-state index contributed by atoms with van der Waals surface area (Å²) in [7, 11) is 0. The first-order valence-electron chi connectivity index (χ1n) is 8.23. The summed E-state index contributed by atoms with van der Waals surface area (Å²) in [6, 6.07) is 0. The highest BCUT2D eigenvalue weighted by Crippen LogP contribution is 2.13. The summed E-state index contributed by atoms with van der Waals surface area (Å²) in [6.07, 6.45) is 15.0. The fourth-order valence-corrected chi connectivity index (χ4v) is 2.84. The Morgan fingerprint density at radius 1 is 0.889 bits per heavy atom. The van der Waals surface area contributed by atoms with Gasteiger partial charge < -0.3 is 10.0 Å². The number of aliphatic hydroxyl groups excluding tert-OH is 1. The number of nitrogens with zero attached hydrogens (tertiary/aromatic N) is 1. The van der Waals surface area contributed by atoms with Crippen LogP contribution >= 0.6 is 0 Å². The van der Waals surface area contributed by atoms with Crippen LogP contribution in [0.25, 0.3) is 0 Å². The van der Waals surface area contributed by atoms with Crippen LogP contribution in [0.1, 0.15) is 77.6 Å². The van der Waals surface area contributed by atoms with E-state index in [1.165, 1.54) is 70.8 Å². The molecule has 0 bridgehead atoms. The van der Waals surface area contributed by atoms with Crippen LogP contribution in [0.5, 0.6) is 0 Å². The number of unbranched alkanes of at least 4 members (excludes halogenated alkanes) is 9. The molecule has 1 unspecified atom stereocenters. The van der Waals surface area contributed by atoms with Crippen LogP contribution < -0.4 is 0 Å². The molecule has 108 valence electrons. The molecule has 2 heteroatoms. The van der Waals surface area contributed by atoms with Gasteiger partial charge in [0.15, 0.2) is 0 Å². The molecule has 18 heavy (non-hydrogen) atoms. The highest BCUT2D eigenvalue weighted by atomic mass is 16.3. The summed E-state index contributed by atoms with van der Waals surface area (Å²) in [6.45, 7) is 5.50. The van der Waals surface area contributed by atoms with Gasteiger partial charge in [-0.25, -0.2) is 0 Å². The lowest BCUT2D eigenvalue weighted by atomic mass is 10.1. The number of aliphatic hydroxyl groups is 1. The third-order valence-corrected chi connectivity index (χ3v) is 4.08. The van der Waals surface area contributed by atoms with Gasteiger partial charge in [0.25, 0.3) is 0 Å². The maximum Gasteiger partial charge on any atom is 0.0679 e. The van der Waals surface area contributed by atoms with Crippen molar-refractivity contribution < 1.29 is 5.11 Å². The van der Waals surface area contributed by atoms with Crippen LogP contribution in [-0.2, 0) is 0 Å². The second-order valence-electron chi connectivity index (χ2n) is 5.93. The van der Waals surface area contributed by atoms with Crippen LogP contribution in [0.3, 0.4) is 0 Å². The molecule has 0 saturated carbocycles. The highest BCUT2D eigenvalue weighted by Gasteiger charge is 2.18. The Hall–Kier alpha value is -0.0800. The Labute approximate surface area is 114 Å². The first kappa shape index (κ1) is 16.0. The summed E-state index contributed by atoms with van der Waals surface area (Å²) < 4.78 is 0. The van der Waals surface area contributed by atoms with E-state index >= 15 is 0 Å². The minimum Gasteiger partial charge on any atom is -0.392 e. The zero-order valence-electron chi connectivity index (χ0n) is 12.4. The largest absolute Gasteiger partial charge is 0.392 e. The monoisotopic (exact) mass is 255 g/mol. The summed E-state index contributed by atoms with van der Waals surface area (Å²) in [4.78, 5) is 2.41. The van der Waals surface area contributed by atoms with Crippen molar-refractivity contribution in [2.45, 2.75) is 83.7 Å². The van der Waals surface area contributed by atoms with E-state index in [0.29, 0.717) is 0 Å². The normalized spacial score (nSPS) is 20.7. The average Bonchev–Trinajstić information content (AvgIpc) is 2.77. The second kappa shape index (κ2) is 10.8. The van der Waals surface area contributed by atoms with E-state index in [2.05, 4.69) is 11.8 Å². The van der Waals surface area contributed by atoms with Gasteiger partial charge >= 0.3 is 0 Å². The van der Waals surface area contributed by atoms with Gasteiger partial charge in [-0.15, -0.1) is 0 Å². The maximum atomic E-state index is 9.42. The molecule has 0 radical (unpaired) electrons. The van der Waals surface area contributed by atoms with E-state index in [0.717, 1.165) is 19.5 Å². The molecule has 2 nitrogen and oxygen atoms in total. The van der Waals surface area contributed by atoms with Crippen LogP contribution in [0.15, 0.2) is 0 Å². The van der Waals surface area contributed by atoms with E-state index in [9.17, 15) is 5.11 Å². The zero-order valence-corrected chi connectivity index (χ0v) is 12.4. The Morgan fingerprint density at radius 3 is 1.94 bits per heavy atom. The van der Waals surface area contributed by atoms with Crippen LogP contribution in [0.2, 0.25) is 0 Å². The molecule has 0 spiro atoms. The van der Waals surface area contributed by atoms with Crippen LogP contribution in [0.4, 0.5) is 0 Å². The van der Waals surface area contributed by atoms with Gasteiger partial charge in [-0.2, -0.15) is 0 Å². The lowest BCUT2D eigenvalue weighted by molar-refractivity contribution is 0.175. The quantitative estimate of drug-likeness (QED) is 0.565. The van der Waals surface area contributed by atoms with Crippen molar-refractivity contribution in [2.24, 2.45) is 0 Å². The molecule has 0 aliphatic carbocycles. The minimum absolute atomic E-state index is 0.0480. The molecule has 1 aliphatic rings. The zero-order chi connectivity index (χ0) is 13.1. The van der Waals surface area contributed by atoms with Gasteiger partial charge in [-0.3, -0.25) is 0 Å². The van der Waals surface area contributed by atoms with E-state index in [4.69, 9.17) is 0 Å². The Bertz CT molecular complexity index is 184. The van der Waals surface area contributed by atoms with Gasteiger partial charge in [0.1, 0.15) is 0 Å². The standard InChI is InChI=1S/C16H33NO/c1-2-3-4-5-6-7-8-9-10-11-13-17-14-12-16(18)15-17/h16,18H,2-15H2,1H3. The molecule has 1 N–H and O–H groups in total. The van der Waals surface area contributed by atoms with Crippen molar-refractivity contribution in [3.05, 3.63) is 0 Å². The Balaban J connectivity index is 1.73. The third-order valence-electron chi connectivity index (χ3n) is 4.08. The summed E-state index contributed by atoms with van der Waals surface area (Å²) >= 11 is 0. The van der Waals surface area contributed by atoms with Gasteiger partial charge in [0, 0.05) is 13.1 Å². The van der Waals surface area contributed by atoms with Gasteiger partial charge in [0.05, 0.1) is 6.10 Å². The number of hydrogen-bond acceptors (Lipinski definition) is 2. The van der Waals surface area contributed by atoms with Crippen molar-refractivity contribution in [3.63, 3.8) is 0 Å². The molecule has 1 saturated heterocycles. The van der Waals surface area contributed by atoms with Crippen molar-refractivity contribution >= 4 is 0 Å². The molecule has 1 rings (SSSR count). The Kier molecular flexibility index (Phi) is 9.59. The molecule has 0 aromatic heterocycles. The average molecular weight is 255 g/mol. The lowest BCUT2D eigenvalue weighted by Crippen LogP contribution is -2.23. The number of likely N-dealkylation sites (tertiary alicyclic amines) is 1. The van der Waals surface area contributed by atoms with E-state index < -0.39 is 0 Å². The van der Waals surface area contributed by atoms with Crippen molar-refractivity contribution in [3.8, 4) is 0 Å². The lowest BCUT2D eigenvalue weighted by Gasteiger charge is -2.14. The van der Waals surface area contributed by atoms with Crippen LogP contribution in [-0.4, -0.2) is 35.7 Å². The summed E-state index contributed by atoms with van der Waals surface area (Å²) in [5, 5.41) is 9.42.